The minimum Gasteiger partial charge on any atom is -0.368 e. The molecule has 21 heavy (non-hydrogen) atoms. The standard InChI is InChI=1S/C11H16ClN3O4S2/c1-6(2)3-11-14-8-4-7(12)9(20(13,16)17)5-10(8)21(18,19)15-11/h4-6,11,14-15H,3H2,1-2H3,(H2,13,16,17)/t11-/m0/s1. The summed E-state index contributed by atoms with van der Waals surface area (Å²) in [5.41, 5.74) is 0.261. The molecule has 0 amide bonds. The highest BCUT2D eigenvalue weighted by molar-refractivity contribution is 7.90. The second-order valence-electron chi connectivity index (χ2n) is 5.27. The summed E-state index contributed by atoms with van der Waals surface area (Å²) in [6.07, 6.45) is 0.103. The van der Waals surface area contributed by atoms with Crippen molar-refractivity contribution >= 4 is 37.3 Å². The minimum absolute atomic E-state index is 0.121. The highest BCUT2D eigenvalue weighted by Gasteiger charge is 2.31. The Morgan fingerprint density at radius 2 is 2.00 bits per heavy atom. The summed E-state index contributed by atoms with van der Waals surface area (Å²) < 4.78 is 49.7. The molecular formula is C11H16ClN3O4S2. The van der Waals surface area contributed by atoms with Crippen molar-refractivity contribution in [1.29, 1.82) is 0 Å². The fourth-order valence-electron chi connectivity index (χ4n) is 2.13. The summed E-state index contributed by atoms with van der Waals surface area (Å²) in [4.78, 5) is -0.603. The second kappa shape index (κ2) is 5.40. The van der Waals surface area contributed by atoms with Gasteiger partial charge in [-0.2, -0.15) is 4.72 Å². The Labute approximate surface area is 129 Å². The maximum Gasteiger partial charge on any atom is 0.244 e. The van der Waals surface area contributed by atoms with Crippen LogP contribution in [0.2, 0.25) is 5.02 Å². The zero-order valence-corrected chi connectivity index (χ0v) is 13.8. The average Bonchev–Trinajstić information content (AvgIpc) is 2.23. The number of primary sulfonamides is 1. The van der Waals surface area contributed by atoms with E-state index in [-0.39, 0.29) is 21.5 Å². The first kappa shape index (κ1) is 16.5. The molecule has 1 aliphatic rings. The molecule has 0 radical (unpaired) electrons. The molecular weight excluding hydrogens is 338 g/mol. The van der Waals surface area contributed by atoms with Crippen LogP contribution in [-0.2, 0) is 20.0 Å². The summed E-state index contributed by atoms with van der Waals surface area (Å²) in [7, 11) is -7.93. The Balaban J connectivity index is 2.56. The zero-order chi connectivity index (χ0) is 16.0. The molecule has 1 heterocycles. The predicted octanol–water partition coefficient (Wildman–Crippen LogP) is 1.06. The minimum atomic E-state index is -4.10. The molecule has 10 heteroatoms. The van der Waals surface area contributed by atoms with Crippen LogP contribution in [0.5, 0.6) is 0 Å². The van der Waals surface area contributed by atoms with E-state index >= 15 is 0 Å². The number of anilines is 1. The van der Waals surface area contributed by atoms with Crippen molar-refractivity contribution in [2.24, 2.45) is 11.1 Å². The number of fused-ring (bicyclic) bond motifs is 1. The number of nitrogens with one attached hydrogen (secondary N) is 2. The summed E-state index contributed by atoms with van der Waals surface area (Å²) in [5.74, 6) is 0.269. The largest absolute Gasteiger partial charge is 0.368 e. The van der Waals surface area contributed by atoms with E-state index in [1.165, 1.54) is 6.07 Å². The van der Waals surface area contributed by atoms with Gasteiger partial charge >= 0.3 is 0 Å². The molecule has 1 atom stereocenters. The normalized spacial score (nSPS) is 20.9. The van der Waals surface area contributed by atoms with Gasteiger partial charge in [-0.1, -0.05) is 25.4 Å². The van der Waals surface area contributed by atoms with E-state index in [0.29, 0.717) is 6.42 Å². The van der Waals surface area contributed by atoms with Gasteiger partial charge in [0, 0.05) is 0 Å². The fraction of sp³-hybridized carbons (Fsp3) is 0.455. The number of benzene rings is 1. The van der Waals surface area contributed by atoms with E-state index in [1.54, 1.807) is 0 Å². The SMILES string of the molecule is CC(C)C[C@H]1Nc2cc(Cl)c(S(N)(=O)=O)cc2S(=O)(=O)N1. The van der Waals surface area contributed by atoms with E-state index < -0.39 is 31.1 Å². The van der Waals surface area contributed by atoms with Gasteiger partial charge in [-0.15, -0.1) is 0 Å². The fourth-order valence-corrected chi connectivity index (χ4v) is 4.65. The summed E-state index contributed by atoms with van der Waals surface area (Å²) in [5, 5.41) is 7.90. The molecule has 0 saturated heterocycles. The Morgan fingerprint density at radius 1 is 1.38 bits per heavy atom. The van der Waals surface area contributed by atoms with Gasteiger partial charge in [-0.3, -0.25) is 0 Å². The monoisotopic (exact) mass is 353 g/mol. The Bertz CT molecular complexity index is 775. The molecule has 0 unspecified atom stereocenters. The van der Waals surface area contributed by atoms with Crippen LogP contribution < -0.4 is 15.2 Å². The van der Waals surface area contributed by atoms with Gasteiger partial charge in [0.1, 0.15) is 9.79 Å². The van der Waals surface area contributed by atoms with Crippen LogP contribution in [0.15, 0.2) is 21.9 Å². The molecule has 1 aromatic carbocycles. The van der Waals surface area contributed by atoms with Crippen LogP contribution >= 0.6 is 11.6 Å². The van der Waals surface area contributed by atoms with Gasteiger partial charge in [0.2, 0.25) is 20.0 Å². The smallest absolute Gasteiger partial charge is 0.244 e. The maximum atomic E-state index is 12.2. The highest BCUT2D eigenvalue weighted by atomic mass is 35.5. The highest BCUT2D eigenvalue weighted by Crippen LogP contribution is 2.34. The third-order valence-corrected chi connectivity index (χ3v) is 5.85. The van der Waals surface area contributed by atoms with Gasteiger partial charge in [0.25, 0.3) is 0 Å². The van der Waals surface area contributed by atoms with Gasteiger partial charge < -0.3 is 5.32 Å². The molecule has 0 aliphatic carbocycles. The Kier molecular flexibility index (Phi) is 4.24. The van der Waals surface area contributed by atoms with Crippen LogP contribution in [0.25, 0.3) is 0 Å². The molecule has 0 saturated carbocycles. The molecule has 118 valence electrons. The molecule has 7 nitrogen and oxygen atoms in total. The van der Waals surface area contributed by atoms with E-state index in [0.717, 1.165) is 6.07 Å². The lowest BCUT2D eigenvalue weighted by Crippen LogP contribution is -2.45. The van der Waals surface area contributed by atoms with Gasteiger partial charge in [0.15, 0.2) is 0 Å². The van der Waals surface area contributed by atoms with Crippen LogP contribution in [-0.4, -0.2) is 23.0 Å². The van der Waals surface area contributed by atoms with Crippen molar-refractivity contribution in [2.75, 3.05) is 5.32 Å². The lowest BCUT2D eigenvalue weighted by molar-refractivity contribution is 0.483. The molecule has 0 bridgehead atoms. The lowest BCUT2D eigenvalue weighted by Gasteiger charge is -2.29. The number of rotatable bonds is 3. The van der Waals surface area contributed by atoms with Crippen LogP contribution in [0.1, 0.15) is 20.3 Å². The van der Waals surface area contributed by atoms with E-state index in [4.69, 9.17) is 16.7 Å². The Hall–Kier alpha value is -0.870. The first-order chi connectivity index (χ1) is 9.50. The van der Waals surface area contributed by atoms with Crippen LogP contribution in [0, 0.1) is 5.92 Å². The van der Waals surface area contributed by atoms with Crippen molar-refractivity contribution in [2.45, 2.75) is 36.2 Å². The summed E-state index contributed by atoms with van der Waals surface area (Å²) in [6.45, 7) is 3.92. The molecule has 0 fully saturated rings. The van der Waals surface area contributed by atoms with Crippen LogP contribution in [0.3, 0.4) is 0 Å². The van der Waals surface area contributed by atoms with E-state index in [2.05, 4.69) is 10.0 Å². The van der Waals surface area contributed by atoms with Gasteiger partial charge in [0.05, 0.1) is 16.9 Å². The molecule has 1 aromatic rings. The number of hydrogen-bond acceptors (Lipinski definition) is 5. The average molecular weight is 354 g/mol. The molecule has 1 aliphatic heterocycles. The first-order valence-corrected chi connectivity index (χ1v) is 9.56. The quantitative estimate of drug-likeness (QED) is 0.750. The van der Waals surface area contributed by atoms with Gasteiger partial charge in [-0.25, -0.2) is 22.0 Å². The van der Waals surface area contributed by atoms with Crippen molar-refractivity contribution in [3.05, 3.63) is 17.2 Å². The number of halogens is 1. The zero-order valence-electron chi connectivity index (χ0n) is 11.4. The van der Waals surface area contributed by atoms with Crippen molar-refractivity contribution < 1.29 is 16.8 Å². The third-order valence-electron chi connectivity index (χ3n) is 2.96. The lowest BCUT2D eigenvalue weighted by atomic mass is 10.1. The molecule has 0 spiro atoms. The summed E-state index contributed by atoms with van der Waals surface area (Å²) >= 11 is 5.88. The number of hydrogen-bond donors (Lipinski definition) is 3. The van der Waals surface area contributed by atoms with Crippen LogP contribution in [0.4, 0.5) is 5.69 Å². The van der Waals surface area contributed by atoms with E-state index in [9.17, 15) is 16.8 Å². The number of nitrogens with two attached hydrogens (primary N) is 1. The second-order valence-corrected chi connectivity index (χ2v) is 8.89. The maximum absolute atomic E-state index is 12.2. The molecule has 4 N–H and O–H groups in total. The van der Waals surface area contributed by atoms with Crippen molar-refractivity contribution in [3.8, 4) is 0 Å². The van der Waals surface area contributed by atoms with Crippen molar-refractivity contribution in [3.63, 3.8) is 0 Å². The topological polar surface area (TPSA) is 118 Å². The third kappa shape index (κ3) is 3.49. The van der Waals surface area contributed by atoms with Gasteiger partial charge in [-0.05, 0) is 24.5 Å². The Morgan fingerprint density at radius 3 is 2.52 bits per heavy atom. The molecule has 0 aromatic heterocycles. The predicted molar refractivity (Wildman–Crippen MR) is 80.0 cm³/mol. The van der Waals surface area contributed by atoms with Crippen molar-refractivity contribution in [1.82, 2.24) is 4.72 Å². The summed E-state index contributed by atoms with van der Waals surface area (Å²) in [6, 6.07) is 2.23. The molecule has 2 rings (SSSR count). The first-order valence-electron chi connectivity index (χ1n) is 6.16. The van der Waals surface area contributed by atoms with E-state index in [1.807, 2.05) is 13.8 Å². The number of sulfonamides is 2.